The normalized spacial score (nSPS) is 13.9. The van der Waals surface area contributed by atoms with Crippen molar-refractivity contribution >= 4 is 34.7 Å². The smallest absolute Gasteiger partial charge is 0.425 e. The number of halogens is 4. The third-order valence-corrected chi connectivity index (χ3v) is 5.69. The van der Waals surface area contributed by atoms with Crippen LogP contribution >= 0.6 is 11.6 Å². The molecule has 1 aromatic heterocycles. The third-order valence-electron chi connectivity index (χ3n) is 5.43. The highest BCUT2D eigenvalue weighted by Gasteiger charge is 2.38. The highest BCUT2D eigenvalue weighted by atomic mass is 35.5. The van der Waals surface area contributed by atoms with Gasteiger partial charge in [-0.25, -0.2) is 0 Å². The van der Waals surface area contributed by atoms with Crippen LogP contribution in [0, 0.1) is 0 Å². The molecule has 0 unspecified atom stereocenters. The van der Waals surface area contributed by atoms with Crippen LogP contribution in [0.4, 0.5) is 36.3 Å². The molecule has 0 bridgehead atoms. The number of fused-ring (bicyclic) bond motifs is 1. The number of hydrogen-bond acceptors (Lipinski definition) is 6. The van der Waals surface area contributed by atoms with E-state index in [2.05, 4.69) is 15.6 Å². The van der Waals surface area contributed by atoms with Gasteiger partial charge in [-0.05, 0) is 55.8 Å². The quantitative estimate of drug-likeness (QED) is 0.470. The van der Waals surface area contributed by atoms with Gasteiger partial charge in [-0.15, -0.1) is 0 Å². The molecule has 0 fully saturated rings. The summed E-state index contributed by atoms with van der Waals surface area (Å²) in [5.74, 6) is 1.01. The zero-order valence-electron chi connectivity index (χ0n) is 18.5. The molecule has 180 valence electrons. The topological polar surface area (TPSA) is 71.4 Å². The second-order valence-electron chi connectivity index (χ2n) is 7.79. The molecule has 11 heteroatoms. The van der Waals surface area contributed by atoms with Gasteiger partial charge in [0.1, 0.15) is 17.3 Å². The highest BCUT2D eigenvalue weighted by Crippen LogP contribution is 2.32. The van der Waals surface area contributed by atoms with Gasteiger partial charge in [-0.2, -0.15) is 18.2 Å². The van der Waals surface area contributed by atoms with Gasteiger partial charge in [-0.3, -0.25) is 9.36 Å². The fourth-order valence-electron chi connectivity index (χ4n) is 3.57. The van der Waals surface area contributed by atoms with Crippen molar-refractivity contribution in [1.82, 2.24) is 9.55 Å². The van der Waals surface area contributed by atoms with E-state index in [1.807, 2.05) is 28.5 Å². The molecule has 2 heterocycles. The van der Waals surface area contributed by atoms with E-state index >= 15 is 0 Å². The minimum absolute atomic E-state index is 0.0797. The van der Waals surface area contributed by atoms with Crippen molar-refractivity contribution in [3.63, 3.8) is 0 Å². The SMILES string of the molecule is CCN1CNc2c1c(=O)nc(Nc1ccc(O[C@H](C)C(F)(F)F)cc1)n2Cc1ccc(Cl)cc1. The Kier molecular flexibility index (Phi) is 6.60. The number of aromatic nitrogens is 2. The Bertz CT molecular complexity index is 1210. The monoisotopic (exact) mass is 493 g/mol. The van der Waals surface area contributed by atoms with Crippen LogP contribution in [0.25, 0.3) is 0 Å². The van der Waals surface area contributed by atoms with E-state index < -0.39 is 12.3 Å². The summed E-state index contributed by atoms with van der Waals surface area (Å²) in [7, 11) is 0. The van der Waals surface area contributed by atoms with Crippen molar-refractivity contribution < 1.29 is 17.9 Å². The van der Waals surface area contributed by atoms with Crippen molar-refractivity contribution in [2.45, 2.75) is 32.7 Å². The number of ether oxygens (including phenoxy) is 1. The molecule has 0 saturated heterocycles. The van der Waals surface area contributed by atoms with Crippen LogP contribution in [0.15, 0.2) is 53.3 Å². The summed E-state index contributed by atoms with van der Waals surface area (Å²) < 4.78 is 45.1. The zero-order valence-corrected chi connectivity index (χ0v) is 19.2. The first-order valence-electron chi connectivity index (χ1n) is 10.6. The number of benzene rings is 2. The minimum atomic E-state index is -4.46. The first-order valence-corrected chi connectivity index (χ1v) is 11.0. The summed E-state index contributed by atoms with van der Waals surface area (Å²) in [6.45, 7) is 4.43. The van der Waals surface area contributed by atoms with Crippen LogP contribution in [0.1, 0.15) is 19.4 Å². The lowest BCUT2D eigenvalue weighted by Crippen LogP contribution is -2.31. The molecule has 7 nitrogen and oxygen atoms in total. The zero-order chi connectivity index (χ0) is 24.5. The second kappa shape index (κ2) is 9.46. The summed E-state index contributed by atoms with van der Waals surface area (Å²) in [6, 6.07) is 13.3. The molecule has 0 spiro atoms. The maximum Gasteiger partial charge on any atom is 0.425 e. The van der Waals surface area contributed by atoms with Gasteiger partial charge >= 0.3 is 6.18 Å². The Morgan fingerprint density at radius 2 is 1.85 bits per heavy atom. The van der Waals surface area contributed by atoms with Gasteiger partial charge in [-0.1, -0.05) is 23.7 Å². The number of anilines is 4. The van der Waals surface area contributed by atoms with Crippen LogP contribution < -0.4 is 25.8 Å². The maximum absolute atomic E-state index is 12.8. The molecule has 34 heavy (non-hydrogen) atoms. The first kappa shape index (κ1) is 23.7. The standard InChI is InChI=1S/C23H23ClF3N5O2/c1-3-31-13-28-20-19(31)21(33)30-22(32(20)12-15-4-6-16(24)7-5-15)29-17-8-10-18(11-9-17)34-14(2)23(25,26)27/h4-11,14,28H,3,12-13H2,1-2H3,(H,29,30,33)/t14-/m1/s1. The van der Waals surface area contributed by atoms with E-state index in [1.54, 1.807) is 24.3 Å². The average molecular weight is 494 g/mol. The predicted octanol–water partition coefficient (Wildman–Crippen LogP) is 5.23. The molecule has 0 amide bonds. The van der Waals surface area contributed by atoms with Gasteiger partial charge in [0.15, 0.2) is 6.10 Å². The molecule has 0 radical (unpaired) electrons. The van der Waals surface area contributed by atoms with E-state index in [-0.39, 0.29) is 11.3 Å². The lowest BCUT2D eigenvalue weighted by Gasteiger charge is -2.20. The van der Waals surface area contributed by atoms with Crippen LogP contribution in [0.2, 0.25) is 5.02 Å². The van der Waals surface area contributed by atoms with Gasteiger partial charge in [0.2, 0.25) is 5.95 Å². The van der Waals surface area contributed by atoms with Crippen LogP contribution in [0.3, 0.4) is 0 Å². The Hall–Kier alpha value is -3.40. The minimum Gasteiger partial charge on any atom is -0.481 e. The van der Waals surface area contributed by atoms with Crippen molar-refractivity contribution in [2.75, 3.05) is 28.7 Å². The van der Waals surface area contributed by atoms with Gasteiger partial charge in [0, 0.05) is 17.3 Å². The van der Waals surface area contributed by atoms with E-state index in [1.165, 1.54) is 12.1 Å². The van der Waals surface area contributed by atoms with Gasteiger partial charge in [0.05, 0.1) is 13.2 Å². The number of rotatable bonds is 7. The predicted molar refractivity (Wildman–Crippen MR) is 126 cm³/mol. The third kappa shape index (κ3) is 5.06. The van der Waals surface area contributed by atoms with Crippen molar-refractivity contribution in [3.05, 3.63) is 69.5 Å². The van der Waals surface area contributed by atoms with E-state index in [0.717, 1.165) is 12.5 Å². The summed E-state index contributed by atoms with van der Waals surface area (Å²) in [4.78, 5) is 19.0. The van der Waals surface area contributed by atoms with E-state index in [4.69, 9.17) is 16.3 Å². The Labute approximate surface area is 199 Å². The van der Waals surface area contributed by atoms with Crippen LogP contribution in [0.5, 0.6) is 5.75 Å². The lowest BCUT2D eigenvalue weighted by molar-refractivity contribution is -0.189. The highest BCUT2D eigenvalue weighted by molar-refractivity contribution is 6.30. The summed E-state index contributed by atoms with van der Waals surface area (Å²) in [5.41, 5.74) is 1.60. The fourth-order valence-corrected chi connectivity index (χ4v) is 3.69. The summed E-state index contributed by atoms with van der Waals surface area (Å²) >= 11 is 6.01. The Morgan fingerprint density at radius 3 is 2.47 bits per heavy atom. The molecule has 1 aliphatic heterocycles. The van der Waals surface area contributed by atoms with Crippen molar-refractivity contribution in [2.24, 2.45) is 0 Å². The molecule has 0 aliphatic carbocycles. The number of nitrogens with one attached hydrogen (secondary N) is 2. The van der Waals surface area contributed by atoms with Gasteiger partial charge in [0.25, 0.3) is 5.56 Å². The summed E-state index contributed by atoms with van der Waals surface area (Å²) in [6.07, 6.45) is -6.38. The molecule has 2 N–H and O–H groups in total. The number of hydrogen-bond donors (Lipinski definition) is 2. The van der Waals surface area contributed by atoms with Crippen molar-refractivity contribution in [1.29, 1.82) is 0 Å². The number of alkyl halides is 3. The van der Waals surface area contributed by atoms with E-state index in [0.29, 0.717) is 47.9 Å². The molecule has 2 aromatic carbocycles. The molecule has 4 rings (SSSR count). The summed E-state index contributed by atoms with van der Waals surface area (Å²) in [5, 5.41) is 6.99. The molecule has 1 aliphatic rings. The molecular weight excluding hydrogens is 471 g/mol. The largest absolute Gasteiger partial charge is 0.481 e. The molecule has 0 saturated carbocycles. The first-order chi connectivity index (χ1) is 16.2. The van der Waals surface area contributed by atoms with Crippen LogP contribution in [-0.2, 0) is 6.54 Å². The Morgan fingerprint density at radius 1 is 1.18 bits per heavy atom. The van der Waals surface area contributed by atoms with Crippen molar-refractivity contribution in [3.8, 4) is 5.75 Å². The van der Waals surface area contributed by atoms with Crippen LogP contribution in [-0.4, -0.2) is 35.0 Å². The lowest BCUT2D eigenvalue weighted by atomic mass is 10.2. The number of nitrogens with zero attached hydrogens (tertiary/aromatic N) is 3. The maximum atomic E-state index is 12.8. The fraction of sp³-hybridized carbons (Fsp3) is 0.304. The van der Waals surface area contributed by atoms with Gasteiger partial charge < -0.3 is 20.3 Å². The molecule has 1 atom stereocenters. The second-order valence-corrected chi connectivity index (χ2v) is 8.23. The Balaban J connectivity index is 1.65. The average Bonchev–Trinajstić information content (AvgIpc) is 3.23. The molecule has 3 aromatic rings. The van der Waals surface area contributed by atoms with E-state index in [9.17, 15) is 18.0 Å². The molecular formula is C23H23ClF3N5O2.